The second-order valence-electron chi connectivity index (χ2n) is 7.47. The first-order valence-electron chi connectivity index (χ1n) is 10.1. The highest BCUT2D eigenvalue weighted by molar-refractivity contribution is 7.80. The summed E-state index contributed by atoms with van der Waals surface area (Å²) in [6, 6.07) is 1.37. The molecular formula is C21H20F2N6O2S2. The number of nitrogens with two attached hydrogens (primary N) is 1. The summed E-state index contributed by atoms with van der Waals surface area (Å²) >= 11 is 6.17. The van der Waals surface area contributed by atoms with Crippen LogP contribution in [0.5, 0.6) is 0 Å². The summed E-state index contributed by atoms with van der Waals surface area (Å²) in [4.78, 5) is 28.7. The van der Waals surface area contributed by atoms with Crippen LogP contribution < -0.4 is 16.4 Å². The topological polar surface area (TPSA) is 115 Å². The highest BCUT2D eigenvalue weighted by atomic mass is 32.1. The molecule has 33 heavy (non-hydrogen) atoms. The average molecular weight is 491 g/mol. The number of aromatic nitrogens is 3. The molecule has 0 radical (unpaired) electrons. The molecule has 4 rings (SSSR count). The maximum absolute atomic E-state index is 13.3. The van der Waals surface area contributed by atoms with Gasteiger partial charge >= 0.3 is 0 Å². The lowest BCUT2D eigenvalue weighted by atomic mass is 10.1. The molecule has 2 amide bonds. The van der Waals surface area contributed by atoms with E-state index in [-0.39, 0.29) is 32.1 Å². The molecule has 1 fully saturated rings. The molecule has 172 valence electrons. The van der Waals surface area contributed by atoms with E-state index in [1.807, 2.05) is 6.92 Å². The minimum atomic E-state index is -2.74. The normalized spacial score (nSPS) is 13.7. The predicted molar refractivity (Wildman–Crippen MR) is 126 cm³/mol. The summed E-state index contributed by atoms with van der Waals surface area (Å²) in [5.41, 5.74) is 6.87. The Labute approximate surface area is 196 Å². The van der Waals surface area contributed by atoms with Crippen LogP contribution in [0.25, 0.3) is 16.3 Å². The monoisotopic (exact) mass is 490 g/mol. The SMILES string of the molecule is CCn1cc(C=CC(=O)NC(=S)Nc2c(C(N)=O)sc3nc(C(F)F)cc(C4CC4)c23)cn1. The van der Waals surface area contributed by atoms with Crippen LogP contribution in [0.2, 0.25) is 0 Å². The molecule has 0 aromatic carbocycles. The number of carbonyl (C=O) groups is 2. The van der Waals surface area contributed by atoms with E-state index in [0.29, 0.717) is 17.5 Å². The molecule has 0 saturated heterocycles. The van der Waals surface area contributed by atoms with E-state index < -0.39 is 18.2 Å². The third-order valence-corrected chi connectivity index (χ3v) is 6.36. The van der Waals surface area contributed by atoms with Crippen LogP contribution in [0.1, 0.15) is 58.6 Å². The van der Waals surface area contributed by atoms with Crippen LogP contribution in [0.15, 0.2) is 24.5 Å². The zero-order chi connectivity index (χ0) is 23.7. The Kier molecular flexibility index (Phi) is 6.47. The number of aryl methyl sites for hydroxylation is 1. The number of hydrogen-bond acceptors (Lipinski definition) is 6. The van der Waals surface area contributed by atoms with E-state index in [9.17, 15) is 18.4 Å². The van der Waals surface area contributed by atoms with E-state index in [1.165, 1.54) is 12.1 Å². The number of anilines is 1. The minimum absolute atomic E-state index is 0.0595. The molecule has 0 unspecified atom stereocenters. The number of amides is 2. The Morgan fingerprint density at radius 2 is 2.18 bits per heavy atom. The number of carbonyl (C=O) groups excluding carboxylic acids is 2. The number of alkyl halides is 2. The number of nitrogens with zero attached hydrogens (tertiary/aromatic N) is 3. The summed E-state index contributed by atoms with van der Waals surface area (Å²) in [7, 11) is 0. The van der Waals surface area contributed by atoms with Gasteiger partial charge < -0.3 is 11.1 Å². The molecule has 0 bridgehead atoms. The molecule has 1 aliphatic rings. The zero-order valence-electron chi connectivity index (χ0n) is 17.5. The van der Waals surface area contributed by atoms with Gasteiger partial charge in [0.1, 0.15) is 15.4 Å². The highest BCUT2D eigenvalue weighted by Crippen LogP contribution is 2.48. The van der Waals surface area contributed by atoms with Crippen molar-refractivity contribution in [3.05, 3.63) is 46.2 Å². The lowest BCUT2D eigenvalue weighted by Gasteiger charge is -2.11. The number of rotatable bonds is 7. The van der Waals surface area contributed by atoms with Gasteiger partial charge in [0.2, 0.25) is 5.91 Å². The lowest BCUT2D eigenvalue weighted by Crippen LogP contribution is -2.33. The Morgan fingerprint density at radius 1 is 1.42 bits per heavy atom. The molecule has 12 heteroatoms. The smallest absolute Gasteiger partial charge is 0.280 e. The molecule has 3 heterocycles. The predicted octanol–water partition coefficient (Wildman–Crippen LogP) is 3.95. The van der Waals surface area contributed by atoms with Gasteiger partial charge in [-0.05, 0) is 55.6 Å². The fourth-order valence-corrected chi connectivity index (χ4v) is 4.60. The first-order valence-corrected chi connectivity index (χ1v) is 11.4. The second kappa shape index (κ2) is 9.32. The van der Waals surface area contributed by atoms with Crippen LogP contribution in [0.3, 0.4) is 0 Å². The van der Waals surface area contributed by atoms with Crippen molar-refractivity contribution in [3.8, 4) is 0 Å². The molecule has 3 aromatic heterocycles. The molecule has 1 aliphatic carbocycles. The number of primary amides is 1. The van der Waals surface area contributed by atoms with Crippen molar-refractivity contribution in [2.75, 3.05) is 5.32 Å². The zero-order valence-corrected chi connectivity index (χ0v) is 19.1. The molecule has 3 aromatic rings. The number of hydrogen-bond donors (Lipinski definition) is 3. The van der Waals surface area contributed by atoms with Gasteiger partial charge in [0.05, 0.1) is 11.9 Å². The van der Waals surface area contributed by atoms with Crippen LogP contribution in [-0.4, -0.2) is 31.7 Å². The van der Waals surface area contributed by atoms with Crippen LogP contribution in [-0.2, 0) is 11.3 Å². The molecule has 0 spiro atoms. The van der Waals surface area contributed by atoms with Crippen molar-refractivity contribution in [3.63, 3.8) is 0 Å². The Hall–Kier alpha value is -3.25. The number of pyridine rings is 1. The maximum Gasteiger partial charge on any atom is 0.280 e. The fraction of sp³-hybridized carbons (Fsp3) is 0.286. The number of fused-ring (bicyclic) bond motifs is 1. The summed E-state index contributed by atoms with van der Waals surface area (Å²) < 4.78 is 28.4. The van der Waals surface area contributed by atoms with Crippen LogP contribution in [0, 0.1) is 0 Å². The van der Waals surface area contributed by atoms with Gasteiger partial charge in [-0.2, -0.15) is 5.10 Å². The largest absolute Gasteiger partial charge is 0.365 e. The summed E-state index contributed by atoms with van der Waals surface area (Å²) in [5.74, 6) is -1.14. The van der Waals surface area contributed by atoms with Crippen molar-refractivity contribution in [2.45, 2.75) is 38.7 Å². The van der Waals surface area contributed by atoms with Gasteiger partial charge in [0.15, 0.2) is 5.11 Å². The number of halogens is 2. The second-order valence-corrected chi connectivity index (χ2v) is 8.88. The van der Waals surface area contributed by atoms with Gasteiger partial charge in [0, 0.05) is 29.8 Å². The van der Waals surface area contributed by atoms with Crippen LogP contribution in [0.4, 0.5) is 14.5 Å². The number of thiophene rings is 1. The van der Waals surface area contributed by atoms with E-state index in [0.717, 1.165) is 29.7 Å². The molecule has 8 nitrogen and oxygen atoms in total. The lowest BCUT2D eigenvalue weighted by molar-refractivity contribution is -0.115. The molecule has 4 N–H and O–H groups in total. The highest BCUT2D eigenvalue weighted by Gasteiger charge is 2.31. The number of thiocarbonyl (C=S) groups is 1. The van der Waals surface area contributed by atoms with Gasteiger partial charge in [-0.1, -0.05) is 0 Å². The van der Waals surface area contributed by atoms with Crippen LogP contribution >= 0.6 is 23.6 Å². The van der Waals surface area contributed by atoms with E-state index in [2.05, 4.69) is 20.7 Å². The van der Waals surface area contributed by atoms with E-state index in [4.69, 9.17) is 18.0 Å². The first-order chi connectivity index (χ1) is 15.8. The Balaban J connectivity index is 1.59. The van der Waals surface area contributed by atoms with Gasteiger partial charge in [-0.15, -0.1) is 11.3 Å². The standard InChI is InChI=1S/C21H20F2N6O2S2/c1-2-29-9-10(8-25-29)3-6-14(30)27-21(32)28-16-15-12(11-4-5-11)7-13(18(22)23)26-20(15)33-17(16)19(24)31/h3,6-9,11,18H,2,4-5H2,1H3,(H2,24,31)(H2,27,28,30,32). The quantitative estimate of drug-likeness (QED) is 0.341. The van der Waals surface area contributed by atoms with Crippen molar-refractivity contribution in [2.24, 2.45) is 5.73 Å². The van der Waals surface area contributed by atoms with Crippen molar-refractivity contribution < 1.29 is 18.4 Å². The molecule has 0 aliphatic heterocycles. The summed E-state index contributed by atoms with van der Waals surface area (Å²) in [5, 5.41) is 9.97. The van der Waals surface area contributed by atoms with Gasteiger partial charge in [0.25, 0.3) is 12.3 Å². The van der Waals surface area contributed by atoms with Gasteiger partial charge in [-0.25, -0.2) is 13.8 Å². The van der Waals surface area contributed by atoms with Crippen molar-refractivity contribution >= 4 is 62.5 Å². The maximum atomic E-state index is 13.3. The Morgan fingerprint density at radius 3 is 2.79 bits per heavy atom. The number of nitrogens with one attached hydrogen (secondary N) is 2. The van der Waals surface area contributed by atoms with E-state index >= 15 is 0 Å². The Bertz CT molecular complexity index is 1280. The average Bonchev–Trinajstić information content (AvgIpc) is 3.40. The third kappa shape index (κ3) is 5.06. The minimum Gasteiger partial charge on any atom is -0.365 e. The van der Waals surface area contributed by atoms with Gasteiger partial charge in [-0.3, -0.25) is 19.6 Å². The summed E-state index contributed by atoms with van der Waals surface area (Å²) in [6.07, 6.45) is 5.27. The molecule has 1 saturated carbocycles. The van der Waals surface area contributed by atoms with Crippen molar-refractivity contribution in [1.29, 1.82) is 0 Å². The third-order valence-electron chi connectivity index (χ3n) is 5.06. The fourth-order valence-electron chi connectivity index (χ4n) is 3.38. The first kappa shape index (κ1) is 22.9. The molecular weight excluding hydrogens is 470 g/mol. The van der Waals surface area contributed by atoms with E-state index in [1.54, 1.807) is 23.2 Å². The molecule has 0 atom stereocenters. The summed E-state index contributed by atoms with van der Waals surface area (Å²) in [6.45, 7) is 2.66. The van der Waals surface area contributed by atoms with Crippen molar-refractivity contribution in [1.82, 2.24) is 20.1 Å².